The lowest BCUT2D eigenvalue weighted by molar-refractivity contribution is -0.144. The van der Waals surface area contributed by atoms with Gasteiger partial charge in [0.25, 0.3) is 0 Å². The Labute approximate surface area is 252 Å². The van der Waals surface area contributed by atoms with Crippen molar-refractivity contribution < 1.29 is 37.0 Å². The van der Waals surface area contributed by atoms with Crippen LogP contribution in [0.2, 0.25) is 25.7 Å². The van der Waals surface area contributed by atoms with Gasteiger partial charge in [-0.15, -0.1) is 0 Å². The zero-order valence-corrected chi connectivity index (χ0v) is 27.0. The first-order valence-corrected chi connectivity index (χ1v) is 18.1. The van der Waals surface area contributed by atoms with Crippen LogP contribution in [0.3, 0.4) is 0 Å². The van der Waals surface area contributed by atoms with Gasteiger partial charge in [0.2, 0.25) is 0 Å². The Bertz CT molecular complexity index is 1260. The van der Waals surface area contributed by atoms with E-state index in [4.69, 9.17) is 14.5 Å². The number of imidazole rings is 1. The smallest absolute Gasteiger partial charge is 0.411 e. The largest absolute Gasteiger partial charge is 0.453 e. The topological polar surface area (TPSA) is 116 Å². The van der Waals surface area contributed by atoms with Gasteiger partial charge < -0.3 is 29.4 Å². The maximum atomic E-state index is 14.2. The highest BCUT2D eigenvalue weighted by atomic mass is 28.3. The second-order valence-corrected chi connectivity index (χ2v) is 18.5. The molecular formula is C29H44F3N5O5Si. The molecular weight excluding hydrogens is 583 g/mol. The van der Waals surface area contributed by atoms with Gasteiger partial charge in [-0.2, -0.15) is 13.2 Å². The number of methoxy groups -OCH3 is 1. The summed E-state index contributed by atoms with van der Waals surface area (Å²) in [7, 11) is -0.153. The Morgan fingerprint density at radius 3 is 2.44 bits per heavy atom. The van der Waals surface area contributed by atoms with Crippen molar-refractivity contribution in [3.05, 3.63) is 30.2 Å². The summed E-state index contributed by atoms with van der Waals surface area (Å²) in [6.07, 6.45) is -3.43. The fourth-order valence-electron chi connectivity index (χ4n) is 4.53. The summed E-state index contributed by atoms with van der Waals surface area (Å²) in [5.74, 6) is 0.504. The van der Waals surface area contributed by atoms with Gasteiger partial charge in [0.05, 0.1) is 18.8 Å². The third-order valence-corrected chi connectivity index (χ3v) is 8.43. The number of ether oxygens (including phenoxy) is 3. The Balaban J connectivity index is 2.09. The molecule has 2 aromatic rings. The maximum absolute atomic E-state index is 14.2. The number of alkyl halides is 3. The summed E-state index contributed by atoms with van der Waals surface area (Å²) in [5, 5.41) is 8.05. The molecule has 0 spiro atoms. The molecule has 0 fully saturated rings. The van der Waals surface area contributed by atoms with E-state index in [0.717, 1.165) is 6.04 Å². The van der Waals surface area contributed by atoms with E-state index in [1.807, 2.05) is 0 Å². The summed E-state index contributed by atoms with van der Waals surface area (Å²) in [6, 6.07) is 3.05. The number of rotatable bonds is 7. The molecule has 240 valence electrons. The average Bonchev–Trinajstić information content (AvgIpc) is 3.28. The first-order chi connectivity index (χ1) is 19.9. The molecule has 2 amide bonds. The van der Waals surface area contributed by atoms with Crippen LogP contribution in [-0.4, -0.2) is 61.3 Å². The number of alkyl carbamates (subject to hydrolysis) is 1. The second-order valence-electron chi connectivity index (χ2n) is 12.9. The molecule has 3 N–H and O–H groups in total. The zero-order valence-electron chi connectivity index (χ0n) is 26.0. The fourth-order valence-corrected chi connectivity index (χ4v) is 5.29. The molecule has 2 atom stereocenters. The molecule has 1 aliphatic rings. The van der Waals surface area contributed by atoms with Crippen molar-refractivity contribution in [2.75, 3.05) is 24.4 Å². The van der Waals surface area contributed by atoms with Gasteiger partial charge in [0.1, 0.15) is 24.2 Å². The predicted molar refractivity (Wildman–Crippen MR) is 162 cm³/mol. The van der Waals surface area contributed by atoms with Gasteiger partial charge in [0.15, 0.2) is 0 Å². The monoisotopic (exact) mass is 627 g/mol. The second kappa shape index (κ2) is 14.0. The van der Waals surface area contributed by atoms with Crippen molar-refractivity contribution in [2.45, 2.75) is 103 Å². The van der Waals surface area contributed by atoms with Crippen LogP contribution >= 0.6 is 0 Å². The van der Waals surface area contributed by atoms with Crippen LogP contribution in [0.5, 0.6) is 0 Å². The van der Waals surface area contributed by atoms with Crippen LogP contribution in [-0.2, 0) is 20.9 Å². The third-order valence-electron chi connectivity index (χ3n) is 6.72. The number of hydrogen-bond donors (Lipinski definition) is 3. The number of hydrogen-bond acceptors (Lipinski definition) is 7. The number of benzene rings is 1. The Morgan fingerprint density at radius 2 is 1.81 bits per heavy atom. The Morgan fingerprint density at radius 1 is 1.12 bits per heavy atom. The highest BCUT2D eigenvalue weighted by molar-refractivity contribution is 6.76. The molecule has 0 radical (unpaired) electrons. The van der Waals surface area contributed by atoms with E-state index in [1.54, 1.807) is 43.7 Å². The van der Waals surface area contributed by atoms with Crippen molar-refractivity contribution in [1.29, 1.82) is 0 Å². The van der Waals surface area contributed by atoms with Gasteiger partial charge in [-0.05, 0) is 57.9 Å². The lowest BCUT2D eigenvalue weighted by Crippen LogP contribution is -2.37. The van der Waals surface area contributed by atoms with E-state index >= 15 is 0 Å². The van der Waals surface area contributed by atoms with E-state index in [-0.39, 0.29) is 30.9 Å². The first kappa shape index (κ1) is 34.2. The number of anilines is 2. The normalized spacial score (nSPS) is 17.9. The van der Waals surface area contributed by atoms with E-state index in [9.17, 15) is 22.8 Å². The number of fused-ring (bicyclic) bond motifs is 4. The molecule has 1 aliphatic heterocycles. The molecule has 0 aliphatic carbocycles. The quantitative estimate of drug-likeness (QED) is 0.215. The summed E-state index contributed by atoms with van der Waals surface area (Å²) < 4.78 is 60.4. The molecule has 0 unspecified atom stereocenters. The minimum Gasteiger partial charge on any atom is -0.453 e. The van der Waals surface area contributed by atoms with Crippen molar-refractivity contribution in [3.8, 4) is 11.3 Å². The maximum Gasteiger partial charge on any atom is 0.411 e. The van der Waals surface area contributed by atoms with Crippen LogP contribution in [0.1, 0.15) is 58.3 Å². The van der Waals surface area contributed by atoms with Crippen molar-refractivity contribution in [2.24, 2.45) is 0 Å². The zero-order chi connectivity index (χ0) is 32.0. The molecule has 14 heteroatoms. The number of carbonyl (C=O) groups is 2. The number of carbonyl (C=O) groups excluding carboxylic acids is 2. The number of halogens is 3. The van der Waals surface area contributed by atoms with Gasteiger partial charge in [0, 0.05) is 37.8 Å². The van der Waals surface area contributed by atoms with E-state index in [2.05, 4.69) is 40.3 Å². The summed E-state index contributed by atoms with van der Waals surface area (Å²) in [5.41, 5.74) is 0.433. The molecule has 2 bridgehead atoms. The first-order valence-electron chi connectivity index (χ1n) is 14.4. The van der Waals surface area contributed by atoms with Crippen LogP contribution in [0.4, 0.5) is 34.1 Å². The van der Waals surface area contributed by atoms with Gasteiger partial charge >= 0.3 is 18.4 Å². The van der Waals surface area contributed by atoms with Crippen LogP contribution < -0.4 is 16.0 Å². The fraction of sp³-hybridized carbons (Fsp3) is 0.621. The molecule has 2 heterocycles. The molecule has 1 aromatic heterocycles. The molecule has 10 nitrogen and oxygen atoms in total. The SMILES string of the molecule is COC(=O)Nc1ccc2c(c1)N[C@@H](C(F)(F)F)CCCC[C@H](NC(=O)OC(C)(C)C)c1nc-2cn1COCC[Si](C)(C)C. The molecule has 3 rings (SSSR count). The number of nitrogens with one attached hydrogen (secondary N) is 3. The number of amides is 2. The summed E-state index contributed by atoms with van der Waals surface area (Å²) >= 11 is 0. The predicted octanol–water partition coefficient (Wildman–Crippen LogP) is 7.52. The number of nitrogens with zero attached hydrogens (tertiary/aromatic N) is 2. The highest BCUT2D eigenvalue weighted by Gasteiger charge is 2.40. The summed E-state index contributed by atoms with van der Waals surface area (Å²) in [4.78, 5) is 29.5. The lowest BCUT2D eigenvalue weighted by Gasteiger charge is -2.26. The third kappa shape index (κ3) is 10.7. The van der Waals surface area contributed by atoms with Gasteiger partial charge in [-0.25, -0.2) is 14.6 Å². The van der Waals surface area contributed by atoms with Gasteiger partial charge in [-0.1, -0.05) is 32.5 Å². The van der Waals surface area contributed by atoms with Crippen LogP contribution in [0.15, 0.2) is 24.4 Å². The minimum atomic E-state index is -4.53. The van der Waals surface area contributed by atoms with E-state index < -0.39 is 44.1 Å². The standard InChI is InChI=1S/C29H44F3N5O5Si/c1-28(2,3)42-27(39)36-21-10-8-9-11-24(29(30,31)32)34-22-16-19(33-26(38)40-4)12-13-20(22)23-17-37(25(21)35-23)18-41-14-15-43(5,6)7/h12-13,16-17,21,24,34H,8-11,14-15,18H2,1-7H3,(H,33,38)(H,36,39)/t21-,24+/m0/s1. The molecule has 0 saturated carbocycles. The summed E-state index contributed by atoms with van der Waals surface area (Å²) in [6.45, 7) is 12.7. The highest BCUT2D eigenvalue weighted by Crippen LogP contribution is 2.36. The Kier molecular flexibility index (Phi) is 11.2. The van der Waals surface area contributed by atoms with Crippen molar-refractivity contribution in [1.82, 2.24) is 14.9 Å². The lowest BCUT2D eigenvalue weighted by atomic mass is 10.0. The van der Waals surface area contributed by atoms with E-state index in [0.29, 0.717) is 36.5 Å². The molecule has 1 aromatic carbocycles. The van der Waals surface area contributed by atoms with E-state index in [1.165, 1.54) is 13.2 Å². The van der Waals surface area contributed by atoms with Crippen LogP contribution in [0.25, 0.3) is 11.3 Å². The molecule has 43 heavy (non-hydrogen) atoms. The number of aromatic nitrogens is 2. The Hall–Kier alpha value is -3.26. The van der Waals surface area contributed by atoms with Gasteiger partial charge in [-0.3, -0.25) is 5.32 Å². The van der Waals surface area contributed by atoms with Crippen LogP contribution in [0, 0.1) is 0 Å². The molecule has 0 saturated heterocycles. The van der Waals surface area contributed by atoms with Crippen molar-refractivity contribution in [3.63, 3.8) is 0 Å². The minimum absolute atomic E-state index is 0.143. The van der Waals surface area contributed by atoms with Crippen molar-refractivity contribution >= 4 is 31.6 Å². The average molecular weight is 628 g/mol.